The molecule has 1 aliphatic carbocycles. The molecule has 4 amide bonds. The van der Waals surface area contributed by atoms with Crippen molar-refractivity contribution in [2.24, 2.45) is 28.9 Å². The van der Waals surface area contributed by atoms with Gasteiger partial charge in [0.05, 0.1) is 49.2 Å². The molecule has 61 heavy (non-hydrogen) atoms. The molecule has 3 fully saturated rings. The summed E-state index contributed by atoms with van der Waals surface area (Å²) in [6.07, 6.45) is 7.17. The Kier molecular flexibility index (Phi) is 13.0. The fraction of sp³-hybridized carbons (Fsp3) is 0.522. The first-order valence-electron chi connectivity index (χ1n) is 21.5. The van der Waals surface area contributed by atoms with E-state index in [1.54, 1.807) is 0 Å². The Balaban J connectivity index is 1.05. The van der Waals surface area contributed by atoms with Crippen molar-refractivity contribution in [2.75, 3.05) is 33.9 Å². The third-order valence-corrected chi connectivity index (χ3v) is 12.5. The number of rotatable bonds is 13. The summed E-state index contributed by atoms with van der Waals surface area (Å²) in [6.45, 7) is 9.50. The van der Waals surface area contributed by atoms with Gasteiger partial charge in [0, 0.05) is 24.2 Å². The molecule has 4 aromatic rings. The number of benzene rings is 2. The monoisotopic (exact) mass is 833 g/mol. The van der Waals surface area contributed by atoms with Crippen LogP contribution >= 0.6 is 0 Å². The van der Waals surface area contributed by atoms with Crippen LogP contribution in [0.1, 0.15) is 108 Å². The van der Waals surface area contributed by atoms with E-state index in [4.69, 9.17) is 25.2 Å². The van der Waals surface area contributed by atoms with Crippen LogP contribution in [-0.4, -0.2) is 99.7 Å². The quantitative estimate of drug-likeness (QED) is 0.0770. The van der Waals surface area contributed by atoms with Crippen molar-refractivity contribution < 1.29 is 28.7 Å². The number of aromatic amines is 2. The number of nitrogens with zero attached hydrogens (tertiary/aromatic N) is 4. The number of nitrogens with one attached hydrogen (secondary N) is 4. The van der Waals surface area contributed by atoms with Gasteiger partial charge < -0.3 is 45.6 Å². The van der Waals surface area contributed by atoms with Gasteiger partial charge in [-0.25, -0.2) is 19.6 Å². The first-order valence-corrected chi connectivity index (χ1v) is 21.5. The van der Waals surface area contributed by atoms with Gasteiger partial charge in [-0.2, -0.15) is 0 Å². The van der Waals surface area contributed by atoms with E-state index in [0.29, 0.717) is 25.5 Å². The van der Waals surface area contributed by atoms with Crippen molar-refractivity contribution in [1.29, 1.82) is 0 Å². The molecular formula is C46H59N9O6. The Morgan fingerprint density at radius 1 is 0.852 bits per heavy atom. The lowest BCUT2D eigenvalue weighted by molar-refractivity contribution is -0.136. The molecule has 2 saturated heterocycles. The van der Waals surface area contributed by atoms with Crippen LogP contribution in [0.25, 0.3) is 22.3 Å². The Labute approximate surface area is 357 Å². The largest absolute Gasteiger partial charge is 0.453 e. The Morgan fingerprint density at radius 2 is 1.49 bits per heavy atom. The van der Waals surface area contributed by atoms with Gasteiger partial charge in [0.2, 0.25) is 11.8 Å². The molecular weight excluding hydrogens is 775 g/mol. The summed E-state index contributed by atoms with van der Waals surface area (Å²) in [4.78, 5) is 72.6. The van der Waals surface area contributed by atoms with E-state index in [2.05, 4.69) is 32.4 Å². The van der Waals surface area contributed by atoms with Gasteiger partial charge in [-0.15, -0.1) is 0 Å². The highest BCUT2D eigenvalue weighted by Gasteiger charge is 2.55. The van der Waals surface area contributed by atoms with Crippen LogP contribution in [0.4, 0.5) is 9.59 Å². The molecule has 7 rings (SSSR count). The highest BCUT2D eigenvalue weighted by atomic mass is 16.5. The molecule has 2 aliphatic heterocycles. The summed E-state index contributed by atoms with van der Waals surface area (Å²) in [7, 11) is 2.59. The normalized spacial score (nSPS) is 20.1. The van der Waals surface area contributed by atoms with Crippen LogP contribution in [-0.2, 0) is 19.1 Å². The molecule has 0 bridgehead atoms. The first-order chi connectivity index (χ1) is 29.3. The number of aromatic nitrogens is 4. The Hall–Kier alpha value is -5.88. The minimum absolute atomic E-state index is 0.110. The predicted molar refractivity (Wildman–Crippen MR) is 231 cm³/mol. The van der Waals surface area contributed by atoms with Crippen molar-refractivity contribution in [2.45, 2.75) is 96.8 Å². The second-order valence-electron chi connectivity index (χ2n) is 17.7. The van der Waals surface area contributed by atoms with Crippen molar-refractivity contribution in [3.63, 3.8) is 0 Å². The van der Waals surface area contributed by atoms with Crippen LogP contribution in [0.3, 0.4) is 0 Å². The van der Waals surface area contributed by atoms with Crippen LogP contribution in [0.15, 0.2) is 48.7 Å². The molecule has 4 heterocycles. The van der Waals surface area contributed by atoms with Crippen molar-refractivity contribution in [1.82, 2.24) is 40.4 Å². The maximum Gasteiger partial charge on any atom is 0.407 e. The van der Waals surface area contributed by atoms with E-state index in [1.165, 1.54) is 14.2 Å². The van der Waals surface area contributed by atoms with Crippen LogP contribution in [0.2, 0.25) is 0 Å². The van der Waals surface area contributed by atoms with Crippen molar-refractivity contribution >= 4 is 35.0 Å². The minimum Gasteiger partial charge on any atom is -0.453 e. The molecule has 2 aromatic heterocycles. The van der Waals surface area contributed by atoms with E-state index in [-0.39, 0.29) is 47.1 Å². The molecule has 6 N–H and O–H groups in total. The summed E-state index contributed by atoms with van der Waals surface area (Å²) >= 11 is 0. The molecule has 0 unspecified atom stereocenters. The summed E-state index contributed by atoms with van der Waals surface area (Å²) in [5, 5.41) is 5.48. The predicted octanol–water partition coefficient (Wildman–Crippen LogP) is 6.19. The van der Waals surface area contributed by atoms with E-state index in [0.717, 1.165) is 84.2 Å². The molecule has 5 atom stereocenters. The fourth-order valence-electron chi connectivity index (χ4n) is 8.83. The highest BCUT2D eigenvalue weighted by Crippen LogP contribution is 2.58. The van der Waals surface area contributed by atoms with Gasteiger partial charge in [-0.3, -0.25) is 9.59 Å². The molecule has 1 spiro atoms. The standard InChI is InChI=1S/C46H59N9O6/c1-27(2)38(52-44(58)60-5)42(56)54-25-31(9-7-8-20-47)22-36(54)41-49-33-17-14-30(21-34(33)50-41)11-10-29-12-15-32(16-13-29)35-24-48-40(51-35)37-23-46(18-19-46)26-55(37)43(57)39(28(3)4)53-45(59)61-6/h12-17,21,24,27-28,31,36-39H,7-9,18-20,22-23,25-26,47H2,1-6H3,(H,48,51)(H,49,50)(H,52,58)(H,53,59)/t31-,36-,37-,38-,39-/m0/s1. The summed E-state index contributed by atoms with van der Waals surface area (Å²) in [6, 6.07) is 11.9. The van der Waals surface area contributed by atoms with Gasteiger partial charge in [0.15, 0.2) is 0 Å². The van der Waals surface area contributed by atoms with Gasteiger partial charge >= 0.3 is 12.2 Å². The maximum absolute atomic E-state index is 14.0. The first kappa shape index (κ1) is 43.2. The molecule has 2 aromatic carbocycles. The zero-order chi connectivity index (χ0) is 43.4. The third-order valence-electron chi connectivity index (χ3n) is 12.5. The number of carbonyl (C=O) groups is 4. The van der Waals surface area contributed by atoms with Gasteiger partial charge in [-0.1, -0.05) is 58.1 Å². The lowest BCUT2D eigenvalue weighted by Crippen LogP contribution is -2.51. The number of likely N-dealkylation sites (tertiary alicyclic amines) is 2. The van der Waals surface area contributed by atoms with Crippen LogP contribution in [0, 0.1) is 35.0 Å². The average Bonchev–Trinajstić information content (AvgIpc) is 3.70. The van der Waals surface area contributed by atoms with E-state index in [1.807, 2.05) is 86.2 Å². The van der Waals surface area contributed by atoms with E-state index >= 15 is 0 Å². The SMILES string of the molecule is COC(=O)N[C@H](C(=O)N1CC2(CC2)C[C@H]1c1ncc(-c2ccc(C#Cc3ccc4nc([C@@H]5C[C@H](CCCCN)CN5C(=O)[C@@H](NC(=O)OC)C(C)C)[nH]c4c3)cc2)[nH]1)C(C)C. The topological polar surface area (TPSA) is 201 Å². The average molecular weight is 834 g/mol. The number of carbonyl (C=O) groups excluding carboxylic acids is 4. The van der Waals surface area contributed by atoms with Crippen molar-refractivity contribution in [3.05, 3.63) is 71.4 Å². The Morgan fingerprint density at radius 3 is 2.11 bits per heavy atom. The molecule has 0 radical (unpaired) electrons. The lowest BCUT2D eigenvalue weighted by atomic mass is 9.98. The van der Waals surface area contributed by atoms with E-state index < -0.39 is 24.3 Å². The fourth-order valence-corrected chi connectivity index (χ4v) is 8.83. The Bertz CT molecular complexity index is 2280. The number of H-pyrrole nitrogens is 2. The smallest absolute Gasteiger partial charge is 0.407 e. The van der Waals surface area contributed by atoms with Gasteiger partial charge in [-0.05, 0) is 104 Å². The number of ether oxygens (including phenoxy) is 2. The molecule has 324 valence electrons. The molecule has 1 saturated carbocycles. The van der Waals surface area contributed by atoms with Gasteiger partial charge in [0.25, 0.3) is 0 Å². The zero-order valence-corrected chi connectivity index (χ0v) is 36.0. The number of amides is 4. The third kappa shape index (κ3) is 9.70. The number of hydrogen-bond donors (Lipinski definition) is 5. The second kappa shape index (κ2) is 18.4. The number of methoxy groups -OCH3 is 2. The number of unbranched alkanes of at least 4 members (excludes halogenated alkanes) is 1. The number of fused-ring (bicyclic) bond motifs is 1. The van der Waals surface area contributed by atoms with E-state index in [9.17, 15) is 19.2 Å². The number of hydrogen-bond acceptors (Lipinski definition) is 9. The number of imidazole rings is 2. The number of alkyl carbamates (subject to hydrolysis) is 2. The second-order valence-corrected chi connectivity index (χ2v) is 17.7. The molecule has 15 heteroatoms. The minimum atomic E-state index is -0.730. The summed E-state index contributed by atoms with van der Waals surface area (Å²) in [5.74, 6) is 7.78. The van der Waals surface area contributed by atoms with Crippen molar-refractivity contribution in [3.8, 4) is 23.1 Å². The van der Waals surface area contributed by atoms with Gasteiger partial charge in [0.1, 0.15) is 23.7 Å². The molecule has 15 nitrogen and oxygen atoms in total. The number of nitrogens with two attached hydrogens (primary N) is 1. The highest BCUT2D eigenvalue weighted by molar-refractivity contribution is 5.87. The summed E-state index contributed by atoms with van der Waals surface area (Å²) < 4.78 is 9.64. The van der Waals surface area contributed by atoms with Crippen LogP contribution in [0.5, 0.6) is 0 Å². The molecule has 3 aliphatic rings. The lowest BCUT2D eigenvalue weighted by Gasteiger charge is -2.30. The zero-order valence-electron chi connectivity index (χ0n) is 36.0. The maximum atomic E-state index is 14.0. The van der Waals surface area contributed by atoms with Crippen LogP contribution < -0.4 is 16.4 Å². The summed E-state index contributed by atoms with van der Waals surface area (Å²) in [5.41, 5.74) is 10.9.